The molecule has 0 aliphatic carbocycles. The molecule has 8 nitrogen and oxygen atoms in total. The number of hydrogen-bond acceptors (Lipinski definition) is 6. The Bertz CT molecular complexity index is 1090. The number of ether oxygens (including phenoxy) is 3. The van der Waals surface area contributed by atoms with Crippen molar-refractivity contribution in [3.8, 4) is 11.5 Å². The Morgan fingerprint density at radius 1 is 1.15 bits per heavy atom. The molecule has 9 heteroatoms. The van der Waals surface area contributed by atoms with Crippen molar-refractivity contribution in [2.45, 2.75) is 39.2 Å². The van der Waals surface area contributed by atoms with Gasteiger partial charge in [0, 0.05) is 24.7 Å². The van der Waals surface area contributed by atoms with E-state index in [0.29, 0.717) is 35.4 Å². The van der Waals surface area contributed by atoms with Crippen LogP contribution in [0, 0.1) is 0 Å². The first-order chi connectivity index (χ1) is 16.1. The number of nitrogens with one attached hydrogen (secondary N) is 1. The van der Waals surface area contributed by atoms with Gasteiger partial charge < -0.3 is 24.4 Å². The molecule has 1 aliphatic heterocycles. The first kappa shape index (κ1) is 25.4. The minimum atomic E-state index is -0.551. The highest BCUT2D eigenvalue weighted by Crippen LogP contribution is 2.31. The molecule has 1 aliphatic rings. The Hall–Kier alpha value is -3.26. The molecule has 182 valence electrons. The Balaban J connectivity index is 1.70. The van der Waals surface area contributed by atoms with Crippen molar-refractivity contribution in [3.05, 3.63) is 52.7 Å². The van der Waals surface area contributed by atoms with E-state index in [1.165, 1.54) is 13.3 Å². The van der Waals surface area contributed by atoms with Crippen molar-refractivity contribution in [3.63, 3.8) is 0 Å². The third-order valence-corrected chi connectivity index (χ3v) is 5.37. The third kappa shape index (κ3) is 6.63. The number of carbonyl (C=O) groups excluding carboxylic acids is 2. The van der Waals surface area contributed by atoms with Gasteiger partial charge in [-0.3, -0.25) is 4.79 Å². The predicted octanol–water partition coefficient (Wildman–Crippen LogP) is 4.96. The lowest BCUT2D eigenvalue weighted by molar-refractivity contribution is -0.115. The molecular formula is C25H30ClN3O5. The van der Waals surface area contributed by atoms with Gasteiger partial charge in [-0.05, 0) is 44.4 Å². The first-order valence-electron chi connectivity index (χ1n) is 10.9. The summed E-state index contributed by atoms with van der Waals surface area (Å²) in [5, 5.41) is 3.11. The number of rotatable bonds is 6. The molecule has 34 heavy (non-hydrogen) atoms. The smallest absolute Gasteiger partial charge is 0.410 e. The van der Waals surface area contributed by atoms with E-state index in [-0.39, 0.29) is 18.4 Å². The number of anilines is 1. The second kappa shape index (κ2) is 10.8. The van der Waals surface area contributed by atoms with Crippen molar-refractivity contribution < 1.29 is 23.8 Å². The summed E-state index contributed by atoms with van der Waals surface area (Å²) in [6, 6.07) is 7.18. The summed E-state index contributed by atoms with van der Waals surface area (Å²) in [5.74, 6) is 1.18. The van der Waals surface area contributed by atoms with Crippen molar-refractivity contribution in [2.24, 2.45) is 0 Å². The van der Waals surface area contributed by atoms with E-state index in [1.807, 2.05) is 39.0 Å². The SMILES string of the molecule is COc1cc(NC(=O)Cc2ccc(C3=CCCN(C(=O)OC(C)(C)C)C3)c(OC)c2)ncc1Cl. The number of carbonyl (C=O) groups is 2. The Morgan fingerprint density at radius 2 is 1.88 bits per heavy atom. The number of amides is 2. The number of pyridine rings is 1. The van der Waals surface area contributed by atoms with Crippen molar-refractivity contribution in [1.29, 1.82) is 0 Å². The maximum Gasteiger partial charge on any atom is 0.410 e. The van der Waals surface area contributed by atoms with Crippen molar-refractivity contribution >= 4 is 35.0 Å². The molecule has 2 amide bonds. The Morgan fingerprint density at radius 3 is 2.56 bits per heavy atom. The van der Waals surface area contributed by atoms with Crippen LogP contribution in [0.5, 0.6) is 11.5 Å². The van der Waals surface area contributed by atoms with E-state index in [0.717, 1.165) is 23.1 Å². The highest BCUT2D eigenvalue weighted by Gasteiger charge is 2.25. The highest BCUT2D eigenvalue weighted by molar-refractivity contribution is 6.32. The van der Waals surface area contributed by atoms with Crippen LogP contribution in [0.4, 0.5) is 10.6 Å². The largest absolute Gasteiger partial charge is 0.496 e. The zero-order valence-corrected chi connectivity index (χ0v) is 20.9. The van der Waals surface area contributed by atoms with E-state index in [9.17, 15) is 9.59 Å². The van der Waals surface area contributed by atoms with Gasteiger partial charge in [0.05, 0.1) is 26.8 Å². The molecule has 3 rings (SSSR count). The maximum absolute atomic E-state index is 12.5. The molecule has 0 saturated heterocycles. The Kier molecular flexibility index (Phi) is 8.04. The van der Waals surface area contributed by atoms with Gasteiger partial charge in [-0.2, -0.15) is 0 Å². The molecule has 0 unspecified atom stereocenters. The number of aromatic nitrogens is 1. The second-order valence-electron chi connectivity index (χ2n) is 8.88. The predicted molar refractivity (Wildman–Crippen MR) is 132 cm³/mol. The summed E-state index contributed by atoms with van der Waals surface area (Å²) in [4.78, 5) is 30.9. The number of hydrogen-bond donors (Lipinski definition) is 1. The second-order valence-corrected chi connectivity index (χ2v) is 9.29. The van der Waals surface area contributed by atoms with Crippen LogP contribution in [0.1, 0.15) is 38.3 Å². The summed E-state index contributed by atoms with van der Waals surface area (Å²) in [6.07, 6.45) is 4.04. The minimum absolute atomic E-state index is 0.131. The van der Waals surface area contributed by atoms with Gasteiger partial charge in [-0.15, -0.1) is 0 Å². The number of benzene rings is 1. The number of halogens is 1. The van der Waals surface area contributed by atoms with Gasteiger partial charge in [-0.25, -0.2) is 9.78 Å². The fraction of sp³-hybridized carbons (Fsp3) is 0.400. The molecule has 0 spiro atoms. The summed E-state index contributed by atoms with van der Waals surface area (Å²) < 4.78 is 16.3. The standard InChI is InChI=1S/C25H30ClN3O5/c1-25(2,3)34-24(31)29-10-6-7-17(15-29)18-9-8-16(11-20(18)32-4)12-23(30)28-22-13-21(33-5)19(26)14-27-22/h7-9,11,13-14H,6,10,12,15H2,1-5H3,(H,27,28,30). The maximum atomic E-state index is 12.5. The molecule has 0 saturated carbocycles. The number of nitrogens with zero attached hydrogens (tertiary/aromatic N) is 2. The van der Waals surface area contributed by atoms with Crippen LogP contribution in [-0.2, 0) is 16.0 Å². The fourth-order valence-corrected chi connectivity index (χ4v) is 3.73. The summed E-state index contributed by atoms with van der Waals surface area (Å²) >= 11 is 5.98. The molecule has 2 heterocycles. The van der Waals surface area contributed by atoms with Crippen LogP contribution in [0.2, 0.25) is 5.02 Å². The van der Waals surface area contributed by atoms with Gasteiger partial charge in [-0.1, -0.05) is 29.8 Å². The van der Waals surface area contributed by atoms with Crippen molar-refractivity contribution in [2.75, 3.05) is 32.6 Å². The lowest BCUT2D eigenvalue weighted by Crippen LogP contribution is -2.39. The van der Waals surface area contributed by atoms with Gasteiger partial charge in [0.1, 0.15) is 27.9 Å². The fourth-order valence-electron chi connectivity index (χ4n) is 3.55. The molecule has 2 aromatic rings. The van der Waals surface area contributed by atoms with E-state index in [1.54, 1.807) is 18.1 Å². The molecule has 0 radical (unpaired) electrons. The summed E-state index contributed by atoms with van der Waals surface area (Å²) in [5.41, 5.74) is 2.08. The van der Waals surface area contributed by atoms with Gasteiger partial charge in [0.25, 0.3) is 0 Å². The van der Waals surface area contributed by atoms with Gasteiger partial charge in [0.2, 0.25) is 5.91 Å². The lowest BCUT2D eigenvalue weighted by atomic mass is 9.98. The normalized spacial score (nSPS) is 13.7. The molecule has 1 aromatic carbocycles. The average Bonchev–Trinajstić information content (AvgIpc) is 2.79. The van der Waals surface area contributed by atoms with Crippen LogP contribution < -0.4 is 14.8 Å². The van der Waals surface area contributed by atoms with Crippen LogP contribution in [0.15, 0.2) is 36.5 Å². The molecule has 0 fully saturated rings. The van der Waals surface area contributed by atoms with E-state index in [2.05, 4.69) is 16.4 Å². The zero-order chi connectivity index (χ0) is 24.9. The molecule has 1 N–H and O–H groups in total. The number of methoxy groups -OCH3 is 2. The van der Waals surface area contributed by atoms with Gasteiger partial charge in [0.15, 0.2) is 0 Å². The van der Waals surface area contributed by atoms with Gasteiger partial charge >= 0.3 is 6.09 Å². The van der Waals surface area contributed by atoms with Crippen LogP contribution in [-0.4, -0.2) is 54.8 Å². The van der Waals surface area contributed by atoms with E-state index < -0.39 is 5.60 Å². The Labute approximate surface area is 204 Å². The molecule has 1 aromatic heterocycles. The monoisotopic (exact) mass is 487 g/mol. The molecule has 0 bridgehead atoms. The van der Waals surface area contributed by atoms with E-state index in [4.69, 9.17) is 25.8 Å². The average molecular weight is 488 g/mol. The van der Waals surface area contributed by atoms with E-state index >= 15 is 0 Å². The highest BCUT2D eigenvalue weighted by atomic mass is 35.5. The zero-order valence-electron chi connectivity index (χ0n) is 20.1. The van der Waals surface area contributed by atoms with Crippen LogP contribution in [0.25, 0.3) is 5.57 Å². The first-order valence-corrected chi connectivity index (χ1v) is 11.3. The summed E-state index contributed by atoms with van der Waals surface area (Å²) in [7, 11) is 3.08. The van der Waals surface area contributed by atoms with Crippen molar-refractivity contribution in [1.82, 2.24) is 9.88 Å². The topological polar surface area (TPSA) is 90.0 Å². The lowest BCUT2D eigenvalue weighted by Gasteiger charge is -2.30. The quantitative estimate of drug-likeness (QED) is 0.619. The van der Waals surface area contributed by atoms with Crippen LogP contribution >= 0.6 is 11.6 Å². The van der Waals surface area contributed by atoms with Crippen LogP contribution in [0.3, 0.4) is 0 Å². The minimum Gasteiger partial charge on any atom is -0.496 e. The molecule has 0 atom stereocenters. The third-order valence-electron chi connectivity index (χ3n) is 5.09. The molecular weight excluding hydrogens is 458 g/mol. The summed E-state index contributed by atoms with van der Waals surface area (Å²) in [6.45, 7) is 6.58.